The summed E-state index contributed by atoms with van der Waals surface area (Å²) in [5.41, 5.74) is 5.17. The van der Waals surface area contributed by atoms with Crippen LogP contribution in [0.15, 0.2) is 27.1 Å². The fourth-order valence-electron chi connectivity index (χ4n) is 0.977. The van der Waals surface area contributed by atoms with Gasteiger partial charge in [-0.25, -0.2) is 4.79 Å². The number of anilines is 1. The number of rotatable bonds is 2. The molecule has 0 amide bonds. The van der Waals surface area contributed by atoms with Gasteiger partial charge in [0.1, 0.15) is 0 Å². The molecule has 0 aliphatic carbocycles. The van der Waals surface area contributed by atoms with Gasteiger partial charge in [0.05, 0.1) is 0 Å². The summed E-state index contributed by atoms with van der Waals surface area (Å²) < 4.78 is 9.76. The predicted molar refractivity (Wildman–Crippen MR) is 45.6 cm³/mol. The first-order chi connectivity index (χ1) is 6.66. The van der Waals surface area contributed by atoms with Crippen LogP contribution in [0.25, 0.3) is 11.5 Å². The third-order valence-corrected chi connectivity index (χ3v) is 1.60. The largest absolute Gasteiger partial charge is 0.476 e. The molecule has 0 saturated carbocycles. The zero-order chi connectivity index (χ0) is 10.1. The van der Waals surface area contributed by atoms with E-state index in [9.17, 15) is 4.79 Å². The average Bonchev–Trinajstić information content (AvgIpc) is 2.70. The molecular weight excluding hydrogens is 188 g/mol. The van der Waals surface area contributed by atoms with E-state index in [1.165, 1.54) is 12.1 Å². The standard InChI is InChI=1S/C8H6N2O4/c9-7-2-1-5(13-7)6-3-4(8(11)12)10-14-6/h1-3H,9H2,(H,11,12). The van der Waals surface area contributed by atoms with E-state index in [2.05, 4.69) is 5.16 Å². The van der Waals surface area contributed by atoms with Crippen molar-refractivity contribution >= 4 is 11.9 Å². The van der Waals surface area contributed by atoms with Crippen LogP contribution in [-0.4, -0.2) is 16.2 Å². The molecule has 0 atom stereocenters. The molecule has 0 aliphatic heterocycles. The quantitative estimate of drug-likeness (QED) is 0.744. The molecule has 72 valence electrons. The number of aromatic nitrogens is 1. The Morgan fingerprint density at radius 3 is 2.71 bits per heavy atom. The highest BCUT2D eigenvalue weighted by atomic mass is 16.5. The van der Waals surface area contributed by atoms with Gasteiger partial charge in [-0.1, -0.05) is 5.16 Å². The SMILES string of the molecule is Nc1ccc(-c2cc(C(=O)O)no2)o1. The highest BCUT2D eigenvalue weighted by molar-refractivity contribution is 5.86. The van der Waals surface area contributed by atoms with Gasteiger partial charge >= 0.3 is 5.97 Å². The summed E-state index contributed by atoms with van der Waals surface area (Å²) in [6.45, 7) is 0. The van der Waals surface area contributed by atoms with Crippen LogP contribution in [0, 0.1) is 0 Å². The normalized spacial score (nSPS) is 10.3. The number of carboxylic acids is 1. The van der Waals surface area contributed by atoms with Crippen molar-refractivity contribution in [2.24, 2.45) is 0 Å². The van der Waals surface area contributed by atoms with Crippen LogP contribution in [0.1, 0.15) is 10.5 Å². The van der Waals surface area contributed by atoms with Gasteiger partial charge in [-0.15, -0.1) is 0 Å². The molecular formula is C8H6N2O4. The van der Waals surface area contributed by atoms with Gasteiger partial charge < -0.3 is 19.8 Å². The first-order valence-electron chi connectivity index (χ1n) is 3.72. The summed E-state index contributed by atoms with van der Waals surface area (Å²) in [5.74, 6) is -0.339. The highest BCUT2D eigenvalue weighted by Crippen LogP contribution is 2.23. The van der Waals surface area contributed by atoms with Crippen LogP contribution in [0.4, 0.5) is 5.88 Å². The van der Waals surface area contributed by atoms with Crippen molar-refractivity contribution in [3.63, 3.8) is 0 Å². The van der Waals surface area contributed by atoms with Crippen molar-refractivity contribution in [2.45, 2.75) is 0 Å². The minimum absolute atomic E-state index is 0.171. The van der Waals surface area contributed by atoms with Gasteiger partial charge in [0.2, 0.25) is 5.76 Å². The van der Waals surface area contributed by atoms with E-state index in [1.54, 1.807) is 6.07 Å². The van der Waals surface area contributed by atoms with Gasteiger partial charge in [-0.2, -0.15) is 0 Å². The minimum Gasteiger partial charge on any atom is -0.476 e. The number of hydrogen-bond acceptors (Lipinski definition) is 5. The molecule has 0 radical (unpaired) electrons. The molecule has 2 aromatic rings. The molecule has 0 saturated heterocycles. The molecule has 0 aliphatic rings. The lowest BCUT2D eigenvalue weighted by atomic mass is 10.3. The number of carbonyl (C=O) groups is 1. The van der Waals surface area contributed by atoms with Crippen LogP contribution < -0.4 is 5.73 Å². The highest BCUT2D eigenvalue weighted by Gasteiger charge is 2.14. The van der Waals surface area contributed by atoms with Crippen molar-refractivity contribution in [3.05, 3.63) is 23.9 Å². The Balaban J connectivity index is 2.38. The van der Waals surface area contributed by atoms with Crippen molar-refractivity contribution in [1.29, 1.82) is 0 Å². The molecule has 0 spiro atoms. The predicted octanol–water partition coefficient (Wildman–Crippen LogP) is 1.22. The van der Waals surface area contributed by atoms with Crippen LogP contribution in [0.2, 0.25) is 0 Å². The first-order valence-corrected chi connectivity index (χ1v) is 3.72. The summed E-state index contributed by atoms with van der Waals surface area (Å²) in [4.78, 5) is 10.5. The smallest absolute Gasteiger partial charge is 0.358 e. The molecule has 3 N–H and O–H groups in total. The topological polar surface area (TPSA) is 102 Å². The maximum Gasteiger partial charge on any atom is 0.358 e. The van der Waals surface area contributed by atoms with E-state index in [1.807, 2.05) is 0 Å². The summed E-state index contributed by atoms with van der Waals surface area (Å²) >= 11 is 0. The number of furan rings is 1. The number of carboxylic acid groups (broad SMARTS) is 1. The van der Waals surface area contributed by atoms with Crippen molar-refractivity contribution in [3.8, 4) is 11.5 Å². The Hall–Kier alpha value is -2.24. The van der Waals surface area contributed by atoms with Crippen LogP contribution >= 0.6 is 0 Å². The maximum absolute atomic E-state index is 10.5. The van der Waals surface area contributed by atoms with Gasteiger partial charge in [-0.3, -0.25) is 0 Å². The lowest BCUT2D eigenvalue weighted by Gasteiger charge is -1.85. The molecule has 6 nitrogen and oxygen atoms in total. The third-order valence-electron chi connectivity index (χ3n) is 1.60. The molecule has 2 heterocycles. The lowest BCUT2D eigenvalue weighted by Crippen LogP contribution is -1.94. The van der Waals surface area contributed by atoms with E-state index in [0.29, 0.717) is 5.76 Å². The van der Waals surface area contributed by atoms with Crippen molar-refractivity contribution < 1.29 is 18.8 Å². The maximum atomic E-state index is 10.5. The Morgan fingerprint density at radius 1 is 1.43 bits per heavy atom. The van der Waals surface area contributed by atoms with Crippen LogP contribution in [-0.2, 0) is 0 Å². The van der Waals surface area contributed by atoms with E-state index in [4.69, 9.17) is 19.8 Å². The number of nitrogen functional groups attached to an aromatic ring is 1. The number of nitrogens with two attached hydrogens (primary N) is 1. The minimum atomic E-state index is -1.15. The average molecular weight is 194 g/mol. The molecule has 2 aromatic heterocycles. The van der Waals surface area contributed by atoms with Crippen LogP contribution in [0.3, 0.4) is 0 Å². The third kappa shape index (κ3) is 1.33. The molecule has 0 unspecified atom stereocenters. The van der Waals surface area contributed by atoms with Crippen molar-refractivity contribution in [2.75, 3.05) is 5.73 Å². The zero-order valence-electron chi connectivity index (χ0n) is 6.93. The van der Waals surface area contributed by atoms with Gasteiger partial charge in [-0.05, 0) is 6.07 Å². The van der Waals surface area contributed by atoms with E-state index >= 15 is 0 Å². The molecule has 6 heteroatoms. The summed E-state index contributed by atoms with van der Waals surface area (Å²) in [6, 6.07) is 4.38. The fraction of sp³-hybridized carbons (Fsp3) is 0. The molecule has 0 bridgehead atoms. The van der Waals surface area contributed by atoms with E-state index in [-0.39, 0.29) is 17.3 Å². The second kappa shape index (κ2) is 2.91. The van der Waals surface area contributed by atoms with Crippen molar-refractivity contribution in [1.82, 2.24) is 5.16 Å². The van der Waals surface area contributed by atoms with Gasteiger partial charge in [0, 0.05) is 12.1 Å². The molecule has 0 aromatic carbocycles. The fourth-order valence-corrected chi connectivity index (χ4v) is 0.977. The van der Waals surface area contributed by atoms with Gasteiger partial charge in [0.15, 0.2) is 17.3 Å². The van der Waals surface area contributed by atoms with Gasteiger partial charge in [0.25, 0.3) is 0 Å². The number of nitrogens with zero attached hydrogens (tertiary/aromatic N) is 1. The second-order valence-electron chi connectivity index (χ2n) is 2.58. The van der Waals surface area contributed by atoms with E-state index < -0.39 is 5.97 Å². The molecule has 2 rings (SSSR count). The Labute approximate surface area is 77.9 Å². The number of aromatic carboxylic acids is 1. The zero-order valence-corrected chi connectivity index (χ0v) is 6.93. The monoisotopic (exact) mass is 194 g/mol. The summed E-state index contributed by atoms with van der Waals surface area (Å²) in [6.07, 6.45) is 0. The second-order valence-corrected chi connectivity index (χ2v) is 2.58. The Morgan fingerprint density at radius 2 is 2.21 bits per heavy atom. The Bertz CT molecular complexity index is 471. The first kappa shape index (κ1) is 8.36. The van der Waals surface area contributed by atoms with Crippen LogP contribution in [0.5, 0.6) is 0 Å². The van der Waals surface area contributed by atoms with E-state index in [0.717, 1.165) is 0 Å². The Kier molecular flexibility index (Phi) is 1.74. The summed E-state index contributed by atoms with van der Waals surface area (Å²) in [5, 5.41) is 11.9. The molecule has 14 heavy (non-hydrogen) atoms. The lowest BCUT2D eigenvalue weighted by molar-refractivity contribution is 0.0686. The molecule has 0 fully saturated rings. The number of hydrogen-bond donors (Lipinski definition) is 2. The summed E-state index contributed by atoms with van der Waals surface area (Å²) in [7, 11) is 0.